The molecule has 0 radical (unpaired) electrons. The summed E-state index contributed by atoms with van der Waals surface area (Å²) in [5.41, 5.74) is 2.72. The summed E-state index contributed by atoms with van der Waals surface area (Å²) in [6.45, 7) is 2.18. The van der Waals surface area contributed by atoms with E-state index >= 15 is 0 Å². The predicted molar refractivity (Wildman–Crippen MR) is 94.8 cm³/mol. The van der Waals surface area contributed by atoms with Gasteiger partial charge in [-0.05, 0) is 70.7 Å². The Morgan fingerprint density at radius 2 is 1.81 bits per heavy atom. The van der Waals surface area contributed by atoms with Crippen LogP contribution in [0.4, 0.5) is 5.69 Å². The van der Waals surface area contributed by atoms with Crippen LogP contribution in [0, 0.1) is 0 Å². The molecule has 0 heterocycles. The van der Waals surface area contributed by atoms with E-state index in [1.165, 1.54) is 18.4 Å². The van der Waals surface area contributed by atoms with Gasteiger partial charge in [0.2, 0.25) is 0 Å². The SMILES string of the molecule is CCCCc1ccc(NC(=O)c2ccc(Br)cc2)c(Br)c1. The molecule has 1 N–H and O–H groups in total. The number of unbranched alkanes of at least 4 members (excludes halogenated alkanes) is 1. The van der Waals surface area contributed by atoms with Crippen molar-refractivity contribution in [1.29, 1.82) is 0 Å². The molecule has 0 aliphatic carbocycles. The van der Waals surface area contributed by atoms with E-state index in [0.717, 1.165) is 21.1 Å². The highest BCUT2D eigenvalue weighted by atomic mass is 79.9. The highest BCUT2D eigenvalue weighted by molar-refractivity contribution is 9.10. The highest BCUT2D eigenvalue weighted by Crippen LogP contribution is 2.25. The normalized spacial score (nSPS) is 10.4. The van der Waals surface area contributed by atoms with E-state index in [9.17, 15) is 4.79 Å². The summed E-state index contributed by atoms with van der Waals surface area (Å²) in [5.74, 6) is -0.107. The maximum Gasteiger partial charge on any atom is 0.255 e. The van der Waals surface area contributed by atoms with Gasteiger partial charge in [-0.1, -0.05) is 35.3 Å². The van der Waals surface area contributed by atoms with Gasteiger partial charge in [0.25, 0.3) is 5.91 Å². The molecule has 0 aliphatic rings. The summed E-state index contributed by atoms with van der Waals surface area (Å²) in [6, 6.07) is 13.4. The maximum atomic E-state index is 12.2. The Bertz CT molecular complexity index is 623. The molecule has 0 spiro atoms. The zero-order chi connectivity index (χ0) is 15.2. The van der Waals surface area contributed by atoms with Gasteiger partial charge in [-0.3, -0.25) is 4.79 Å². The molecule has 0 fully saturated rings. The van der Waals surface area contributed by atoms with Gasteiger partial charge in [0, 0.05) is 14.5 Å². The Kier molecular flexibility index (Phi) is 6.00. The van der Waals surface area contributed by atoms with Crippen LogP contribution in [0.3, 0.4) is 0 Å². The summed E-state index contributed by atoms with van der Waals surface area (Å²) in [7, 11) is 0. The van der Waals surface area contributed by atoms with E-state index in [2.05, 4.69) is 56.2 Å². The molecule has 110 valence electrons. The van der Waals surface area contributed by atoms with Crippen molar-refractivity contribution in [2.75, 3.05) is 5.32 Å². The number of aryl methyl sites for hydroxylation is 1. The summed E-state index contributed by atoms with van der Waals surface area (Å²) in [6.07, 6.45) is 3.42. The average Bonchev–Trinajstić information content (AvgIpc) is 2.48. The summed E-state index contributed by atoms with van der Waals surface area (Å²) >= 11 is 6.89. The molecular formula is C17H17Br2NO. The Morgan fingerprint density at radius 3 is 2.43 bits per heavy atom. The number of amides is 1. The van der Waals surface area contributed by atoms with Crippen molar-refractivity contribution in [2.24, 2.45) is 0 Å². The fourth-order valence-corrected chi connectivity index (χ4v) is 2.78. The van der Waals surface area contributed by atoms with Gasteiger partial charge < -0.3 is 5.32 Å². The minimum atomic E-state index is -0.107. The van der Waals surface area contributed by atoms with Crippen LogP contribution < -0.4 is 5.32 Å². The molecule has 0 aromatic heterocycles. The molecule has 21 heavy (non-hydrogen) atoms. The van der Waals surface area contributed by atoms with E-state index < -0.39 is 0 Å². The monoisotopic (exact) mass is 409 g/mol. The van der Waals surface area contributed by atoms with Crippen molar-refractivity contribution in [3.05, 3.63) is 62.5 Å². The first-order valence-corrected chi connectivity index (χ1v) is 8.54. The molecular weight excluding hydrogens is 394 g/mol. The van der Waals surface area contributed by atoms with Gasteiger partial charge in [0.1, 0.15) is 0 Å². The number of hydrogen-bond donors (Lipinski definition) is 1. The minimum Gasteiger partial charge on any atom is -0.321 e. The van der Waals surface area contributed by atoms with Gasteiger partial charge in [-0.2, -0.15) is 0 Å². The molecule has 0 saturated heterocycles. The number of hydrogen-bond acceptors (Lipinski definition) is 1. The van der Waals surface area contributed by atoms with E-state index in [0.29, 0.717) is 5.56 Å². The lowest BCUT2D eigenvalue weighted by Crippen LogP contribution is -2.12. The molecule has 1 amide bonds. The standard InChI is InChI=1S/C17H17Br2NO/c1-2-3-4-12-5-10-16(15(19)11-12)20-17(21)13-6-8-14(18)9-7-13/h5-11H,2-4H2,1H3,(H,20,21). The first-order chi connectivity index (χ1) is 10.1. The Labute approximate surface area is 142 Å². The maximum absolute atomic E-state index is 12.2. The number of carbonyl (C=O) groups excluding carboxylic acids is 1. The van der Waals surface area contributed by atoms with Crippen molar-refractivity contribution < 1.29 is 4.79 Å². The molecule has 0 unspecified atom stereocenters. The molecule has 0 atom stereocenters. The van der Waals surface area contributed by atoms with Crippen molar-refractivity contribution >= 4 is 43.5 Å². The molecule has 0 saturated carbocycles. The summed E-state index contributed by atoms with van der Waals surface area (Å²) < 4.78 is 1.88. The fraction of sp³-hybridized carbons (Fsp3) is 0.235. The minimum absolute atomic E-state index is 0.107. The van der Waals surface area contributed by atoms with Crippen LogP contribution in [-0.4, -0.2) is 5.91 Å². The second-order valence-electron chi connectivity index (χ2n) is 4.88. The number of nitrogens with one attached hydrogen (secondary N) is 1. The number of carbonyl (C=O) groups is 1. The third kappa shape index (κ3) is 4.68. The largest absolute Gasteiger partial charge is 0.321 e. The topological polar surface area (TPSA) is 29.1 Å². The Morgan fingerprint density at radius 1 is 1.10 bits per heavy atom. The predicted octanol–water partition coefficient (Wildman–Crippen LogP) is 5.81. The van der Waals surface area contributed by atoms with Gasteiger partial charge in [-0.15, -0.1) is 0 Å². The molecule has 2 aromatic carbocycles. The first-order valence-electron chi connectivity index (χ1n) is 6.95. The Balaban J connectivity index is 2.08. The van der Waals surface area contributed by atoms with Gasteiger partial charge in [-0.25, -0.2) is 0 Å². The van der Waals surface area contributed by atoms with Crippen LogP contribution in [0.2, 0.25) is 0 Å². The number of anilines is 1. The van der Waals surface area contributed by atoms with Gasteiger partial charge >= 0.3 is 0 Å². The third-order valence-corrected chi connectivity index (χ3v) is 4.39. The Hall–Kier alpha value is -1.13. The van der Waals surface area contributed by atoms with Crippen LogP contribution in [0.25, 0.3) is 0 Å². The number of rotatable bonds is 5. The molecule has 0 bridgehead atoms. The van der Waals surface area contributed by atoms with E-state index in [4.69, 9.17) is 0 Å². The number of halogens is 2. The lowest BCUT2D eigenvalue weighted by molar-refractivity contribution is 0.102. The second kappa shape index (κ2) is 7.76. The van der Waals surface area contributed by atoms with Crippen LogP contribution >= 0.6 is 31.9 Å². The molecule has 0 aliphatic heterocycles. The highest BCUT2D eigenvalue weighted by Gasteiger charge is 2.08. The van der Waals surface area contributed by atoms with Crippen LogP contribution in [0.5, 0.6) is 0 Å². The van der Waals surface area contributed by atoms with Gasteiger partial charge in [0.15, 0.2) is 0 Å². The van der Waals surface area contributed by atoms with E-state index in [1.807, 2.05) is 18.2 Å². The lowest BCUT2D eigenvalue weighted by Gasteiger charge is -2.09. The van der Waals surface area contributed by atoms with Gasteiger partial charge in [0.05, 0.1) is 5.69 Å². The first kappa shape index (κ1) is 16.2. The lowest BCUT2D eigenvalue weighted by atomic mass is 10.1. The average molecular weight is 411 g/mol. The summed E-state index contributed by atoms with van der Waals surface area (Å²) in [4.78, 5) is 12.2. The van der Waals surface area contributed by atoms with E-state index in [-0.39, 0.29) is 5.91 Å². The van der Waals surface area contributed by atoms with E-state index in [1.54, 1.807) is 12.1 Å². The van der Waals surface area contributed by atoms with Crippen LogP contribution in [-0.2, 0) is 6.42 Å². The quantitative estimate of drug-likeness (QED) is 0.662. The van der Waals surface area contributed by atoms with Crippen LogP contribution in [0.1, 0.15) is 35.7 Å². The van der Waals surface area contributed by atoms with Crippen molar-refractivity contribution in [3.63, 3.8) is 0 Å². The molecule has 2 aromatic rings. The number of benzene rings is 2. The van der Waals surface area contributed by atoms with Crippen molar-refractivity contribution in [1.82, 2.24) is 0 Å². The van der Waals surface area contributed by atoms with Crippen molar-refractivity contribution in [3.8, 4) is 0 Å². The smallest absolute Gasteiger partial charge is 0.255 e. The third-order valence-electron chi connectivity index (χ3n) is 3.21. The summed E-state index contributed by atoms with van der Waals surface area (Å²) in [5, 5.41) is 2.93. The molecule has 2 rings (SSSR count). The molecule has 2 nitrogen and oxygen atoms in total. The molecule has 4 heteroatoms. The van der Waals surface area contributed by atoms with Crippen molar-refractivity contribution in [2.45, 2.75) is 26.2 Å². The zero-order valence-electron chi connectivity index (χ0n) is 11.8. The second-order valence-corrected chi connectivity index (χ2v) is 6.65. The zero-order valence-corrected chi connectivity index (χ0v) is 15.0. The fourth-order valence-electron chi connectivity index (χ4n) is 1.99. The van der Waals surface area contributed by atoms with Crippen LogP contribution in [0.15, 0.2) is 51.4 Å².